The number of hydrogen-bond donors (Lipinski definition) is 0. The number of halogens is 2. The van der Waals surface area contributed by atoms with Crippen molar-refractivity contribution in [2.45, 2.75) is 61.8 Å². The number of benzene rings is 2. The van der Waals surface area contributed by atoms with Gasteiger partial charge >= 0.3 is 41.3 Å². The van der Waals surface area contributed by atoms with Gasteiger partial charge in [-0.3, -0.25) is 6.08 Å². The van der Waals surface area contributed by atoms with Crippen LogP contribution in [-0.2, 0) is 24.2 Å². The molecule has 0 aliphatic heterocycles. The second-order valence-electron chi connectivity index (χ2n) is 9.52. The van der Waals surface area contributed by atoms with E-state index in [1.807, 2.05) is 0 Å². The summed E-state index contributed by atoms with van der Waals surface area (Å²) in [6.45, 7) is 17.5. The Hall–Kier alpha value is -0.877. The fourth-order valence-corrected chi connectivity index (χ4v) is 3.47. The van der Waals surface area contributed by atoms with Gasteiger partial charge in [0.1, 0.15) is 0 Å². The minimum atomic E-state index is 0. The summed E-state index contributed by atoms with van der Waals surface area (Å²) >= 11 is 1.55. The molecule has 0 bridgehead atoms. The van der Waals surface area contributed by atoms with Crippen LogP contribution in [-0.4, -0.2) is 3.21 Å². The number of allylic oxidation sites excluding steroid dienone is 4. The molecule has 0 radical (unpaired) electrons. The Bertz CT molecular complexity index is 1020. The van der Waals surface area contributed by atoms with E-state index in [2.05, 4.69) is 116 Å². The van der Waals surface area contributed by atoms with Crippen molar-refractivity contribution in [1.29, 1.82) is 0 Å². The molecule has 3 aromatic carbocycles. The van der Waals surface area contributed by atoms with E-state index in [4.69, 9.17) is 0 Å². The molecule has 1 aliphatic carbocycles. The molecule has 1 aliphatic rings. The van der Waals surface area contributed by atoms with E-state index in [0.717, 1.165) is 0 Å². The van der Waals surface area contributed by atoms with E-state index in [1.165, 1.54) is 47.9 Å². The van der Waals surface area contributed by atoms with Gasteiger partial charge in [0.15, 0.2) is 0 Å². The summed E-state index contributed by atoms with van der Waals surface area (Å²) in [6, 6.07) is 15.6. The molecule has 0 heterocycles. The second-order valence-corrected chi connectivity index (χ2v) is 12.0. The molecule has 1 atom stereocenters. The smallest absolute Gasteiger partial charge is 0.0469 e. The summed E-state index contributed by atoms with van der Waals surface area (Å²) in [5.74, 6) is 0.573. The van der Waals surface area contributed by atoms with Crippen LogP contribution in [0, 0.1) is 31.3 Å². The van der Waals surface area contributed by atoms with Gasteiger partial charge in [0.25, 0.3) is 0 Å². The fraction of sp³-hybridized carbons (Fsp3) is 0.379. The van der Waals surface area contributed by atoms with E-state index in [-0.39, 0.29) is 24.8 Å². The molecular formula is C29H36Cl2Zr-2. The van der Waals surface area contributed by atoms with Crippen LogP contribution in [0.5, 0.6) is 0 Å². The standard InChI is InChI=1S/C15H13.C11H17.C3H6.2ClH.Zr/c1-10-3-5-14-12(7-10)9-13-8-11(2)4-6-15(13)14;1-5-9-6-7-10(8-9)11(2,3)4;1-3-2;;;/h3-9H,1-2H3;7-9H,5H2,1-4H3;1-2H3;2*1H;/q2*-1;;;;+2/p-2. The van der Waals surface area contributed by atoms with E-state index in [1.54, 1.807) is 24.2 Å². The SMILES string of the molecule is CCC1[C-]=CC(C(C)(C)C)=C1.C[C](C)=[Zr+2].Cc1ccc2c(c1)[cH-]c1cc(C)ccc12.[Cl-].[Cl-]. The first kappa shape index (κ1) is 31.1. The average molecular weight is 547 g/mol. The van der Waals surface area contributed by atoms with Crippen LogP contribution in [0.4, 0.5) is 0 Å². The average Bonchev–Trinajstić information content (AvgIpc) is 3.24. The molecule has 0 saturated heterocycles. The van der Waals surface area contributed by atoms with Crippen LogP contribution >= 0.6 is 0 Å². The molecular weight excluding hydrogens is 510 g/mol. The zero-order chi connectivity index (χ0) is 22.5. The van der Waals surface area contributed by atoms with E-state index in [9.17, 15) is 0 Å². The maximum atomic E-state index is 3.35. The Labute approximate surface area is 223 Å². The molecule has 0 aromatic heterocycles. The van der Waals surface area contributed by atoms with Crippen molar-refractivity contribution in [3.05, 3.63) is 77.4 Å². The van der Waals surface area contributed by atoms with Crippen LogP contribution in [0.15, 0.2) is 60.2 Å². The minimum Gasteiger partial charge on any atom is -1.00 e. The van der Waals surface area contributed by atoms with E-state index in [0.29, 0.717) is 11.3 Å². The van der Waals surface area contributed by atoms with Crippen molar-refractivity contribution in [2.24, 2.45) is 11.3 Å². The molecule has 4 rings (SSSR count). The molecule has 0 fully saturated rings. The molecule has 3 aromatic rings. The number of hydrogen-bond acceptors (Lipinski definition) is 0. The van der Waals surface area contributed by atoms with Gasteiger partial charge in [-0.1, -0.05) is 80.8 Å². The Morgan fingerprint density at radius 3 is 1.69 bits per heavy atom. The molecule has 1 unspecified atom stereocenters. The summed E-state index contributed by atoms with van der Waals surface area (Å²) < 4.78 is 1.51. The molecule has 0 nitrogen and oxygen atoms in total. The maximum Gasteiger partial charge on any atom is -0.0469 e. The predicted octanol–water partition coefficient (Wildman–Crippen LogP) is 2.44. The van der Waals surface area contributed by atoms with Crippen LogP contribution < -0.4 is 24.8 Å². The molecule has 0 N–H and O–H groups in total. The normalized spacial score (nSPS) is 14.4. The first-order valence-electron chi connectivity index (χ1n) is 10.9. The zero-order valence-electron chi connectivity index (χ0n) is 20.7. The van der Waals surface area contributed by atoms with Crippen LogP contribution in [0.2, 0.25) is 0 Å². The van der Waals surface area contributed by atoms with Crippen LogP contribution in [0.1, 0.15) is 59.1 Å². The maximum absolute atomic E-state index is 3.35. The zero-order valence-corrected chi connectivity index (χ0v) is 24.7. The second kappa shape index (κ2) is 13.7. The van der Waals surface area contributed by atoms with Crippen molar-refractivity contribution in [3.63, 3.8) is 0 Å². The van der Waals surface area contributed by atoms with Gasteiger partial charge in [-0.15, -0.1) is 39.7 Å². The van der Waals surface area contributed by atoms with Gasteiger partial charge < -0.3 is 24.8 Å². The molecule has 3 heteroatoms. The van der Waals surface area contributed by atoms with Crippen LogP contribution in [0.25, 0.3) is 21.5 Å². The van der Waals surface area contributed by atoms with E-state index >= 15 is 0 Å². The summed E-state index contributed by atoms with van der Waals surface area (Å²) in [6.07, 6.45) is 9.00. The Morgan fingerprint density at radius 2 is 1.38 bits per heavy atom. The summed E-state index contributed by atoms with van der Waals surface area (Å²) in [4.78, 5) is 0. The van der Waals surface area contributed by atoms with Gasteiger partial charge in [-0.05, 0) is 13.8 Å². The Balaban J connectivity index is 0.000000506. The molecule has 0 saturated carbocycles. The van der Waals surface area contributed by atoms with Gasteiger partial charge in [-0.25, -0.2) is 6.08 Å². The number of rotatable bonds is 1. The predicted molar refractivity (Wildman–Crippen MR) is 132 cm³/mol. The minimum absolute atomic E-state index is 0. The topological polar surface area (TPSA) is 0 Å². The summed E-state index contributed by atoms with van der Waals surface area (Å²) in [5, 5.41) is 5.46. The van der Waals surface area contributed by atoms with Gasteiger partial charge in [0.2, 0.25) is 0 Å². The fourth-order valence-electron chi connectivity index (χ4n) is 3.47. The summed E-state index contributed by atoms with van der Waals surface area (Å²) in [7, 11) is 0. The van der Waals surface area contributed by atoms with E-state index < -0.39 is 0 Å². The van der Waals surface area contributed by atoms with Crippen molar-refractivity contribution >= 4 is 24.8 Å². The van der Waals surface area contributed by atoms with Gasteiger partial charge in [-0.2, -0.15) is 11.6 Å². The summed E-state index contributed by atoms with van der Waals surface area (Å²) in [5.41, 5.74) is 4.39. The van der Waals surface area contributed by atoms with Crippen molar-refractivity contribution < 1.29 is 49.0 Å². The molecule has 0 spiro atoms. The van der Waals surface area contributed by atoms with Crippen molar-refractivity contribution in [1.82, 2.24) is 0 Å². The third kappa shape index (κ3) is 9.17. The third-order valence-corrected chi connectivity index (χ3v) is 5.15. The molecule has 172 valence electrons. The largest absolute Gasteiger partial charge is 1.00 e. The first-order chi connectivity index (χ1) is 14.0. The Kier molecular flexibility index (Phi) is 13.4. The molecule has 32 heavy (non-hydrogen) atoms. The molecule has 0 amide bonds. The monoisotopic (exact) mass is 544 g/mol. The first-order valence-corrected chi connectivity index (χ1v) is 12.1. The van der Waals surface area contributed by atoms with Crippen molar-refractivity contribution in [2.75, 3.05) is 0 Å². The number of fused-ring (bicyclic) bond motifs is 3. The van der Waals surface area contributed by atoms with Gasteiger partial charge in [0, 0.05) is 0 Å². The third-order valence-electron chi connectivity index (χ3n) is 5.15. The van der Waals surface area contributed by atoms with Crippen molar-refractivity contribution in [3.8, 4) is 0 Å². The van der Waals surface area contributed by atoms with Crippen LogP contribution in [0.3, 0.4) is 0 Å². The Morgan fingerprint density at radius 1 is 0.938 bits per heavy atom. The van der Waals surface area contributed by atoms with Gasteiger partial charge in [0.05, 0.1) is 0 Å². The quantitative estimate of drug-likeness (QED) is 0.412. The number of aryl methyl sites for hydroxylation is 2.